The molecule has 2 rings (SSSR count). The summed E-state index contributed by atoms with van der Waals surface area (Å²) >= 11 is 0. The number of nitrogens with zero attached hydrogens (tertiary/aromatic N) is 1. The van der Waals surface area contributed by atoms with Crippen LogP contribution in [-0.2, 0) is 6.42 Å². The maximum absolute atomic E-state index is 5.63. The number of ether oxygens (including phenoxy) is 1. The van der Waals surface area contributed by atoms with Crippen LogP contribution in [0.1, 0.15) is 17.2 Å². The minimum atomic E-state index is 0.0456. The van der Waals surface area contributed by atoms with Crippen molar-refractivity contribution in [3.8, 4) is 5.75 Å². The number of hydrogen-bond acceptors (Lipinski definition) is 4. The molecule has 0 saturated heterocycles. The van der Waals surface area contributed by atoms with E-state index >= 15 is 0 Å². The molecule has 18 heavy (non-hydrogen) atoms. The second kappa shape index (κ2) is 6.14. The Labute approximate surface area is 107 Å². The molecule has 1 aromatic carbocycles. The molecule has 4 heteroatoms. The molecule has 2 aromatic rings. The van der Waals surface area contributed by atoms with Crippen molar-refractivity contribution in [1.29, 1.82) is 0 Å². The van der Waals surface area contributed by atoms with Crippen LogP contribution >= 0.6 is 0 Å². The normalized spacial score (nSPS) is 12.1. The Morgan fingerprint density at radius 2 is 1.94 bits per heavy atom. The van der Waals surface area contributed by atoms with Gasteiger partial charge in [-0.2, -0.15) is 0 Å². The molecule has 0 aliphatic rings. The number of nitrogens with one attached hydrogen (secondary N) is 1. The number of hydrogen-bond donors (Lipinski definition) is 2. The molecule has 0 aliphatic carbocycles. The van der Waals surface area contributed by atoms with Crippen molar-refractivity contribution < 1.29 is 4.74 Å². The molecule has 1 heterocycles. The van der Waals surface area contributed by atoms with E-state index < -0.39 is 0 Å². The number of benzene rings is 1. The molecule has 94 valence electrons. The molecule has 0 aliphatic heterocycles. The molecular formula is C14H17N3O. The maximum Gasteiger partial charge on any atom is 0.122 e. The van der Waals surface area contributed by atoms with Gasteiger partial charge in [-0.25, -0.2) is 0 Å². The smallest absolute Gasteiger partial charge is 0.122 e. The Balaban J connectivity index is 2.21. The van der Waals surface area contributed by atoms with Crippen molar-refractivity contribution in [2.75, 3.05) is 7.11 Å². The van der Waals surface area contributed by atoms with Crippen LogP contribution in [0, 0.1) is 0 Å². The first-order valence-electron chi connectivity index (χ1n) is 5.83. The predicted molar refractivity (Wildman–Crippen MR) is 71.0 cm³/mol. The van der Waals surface area contributed by atoms with Crippen molar-refractivity contribution in [1.82, 2.24) is 10.4 Å². The summed E-state index contributed by atoms with van der Waals surface area (Å²) in [6.45, 7) is 0. The molecule has 4 nitrogen and oxygen atoms in total. The second-order valence-electron chi connectivity index (χ2n) is 4.02. The van der Waals surface area contributed by atoms with E-state index in [0.717, 1.165) is 23.3 Å². The van der Waals surface area contributed by atoms with Gasteiger partial charge in [0.05, 0.1) is 13.2 Å². The zero-order valence-corrected chi connectivity index (χ0v) is 10.3. The highest BCUT2D eigenvalue weighted by Gasteiger charge is 2.12. The van der Waals surface area contributed by atoms with Crippen LogP contribution < -0.4 is 16.0 Å². The number of rotatable bonds is 5. The summed E-state index contributed by atoms with van der Waals surface area (Å²) in [5, 5.41) is 0. The zero-order chi connectivity index (χ0) is 12.8. The first-order chi connectivity index (χ1) is 8.85. The first kappa shape index (κ1) is 12.5. The number of nitrogens with two attached hydrogens (primary N) is 1. The molecule has 0 bridgehead atoms. The lowest BCUT2D eigenvalue weighted by atomic mass is 10.00. The number of pyridine rings is 1. The van der Waals surface area contributed by atoms with Crippen molar-refractivity contribution in [2.45, 2.75) is 12.5 Å². The lowest BCUT2D eigenvalue weighted by molar-refractivity contribution is 0.405. The van der Waals surface area contributed by atoms with E-state index in [1.54, 1.807) is 19.5 Å². The van der Waals surface area contributed by atoms with Crippen LogP contribution in [0.15, 0.2) is 48.8 Å². The second-order valence-corrected chi connectivity index (χ2v) is 4.02. The van der Waals surface area contributed by atoms with Crippen molar-refractivity contribution >= 4 is 0 Å². The standard InChI is InChI=1S/C14H17N3O/c1-18-14-5-3-2-4-12(14)10-13(17-15)11-6-8-16-9-7-11/h2-9,13,17H,10,15H2,1H3. The predicted octanol–water partition coefficient (Wildman–Crippen LogP) is 1.84. The third-order valence-corrected chi connectivity index (χ3v) is 2.93. The van der Waals surface area contributed by atoms with E-state index in [4.69, 9.17) is 10.6 Å². The van der Waals surface area contributed by atoms with Crippen LogP contribution in [0.4, 0.5) is 0 Å². The van der Waals surface area contributed by atoms with E-state index in [-0.39, 0.29) is 6.04 Å². The number of methoxy groups -OCH3 is 1. The van der Waals surface area contributed by atoms with Crippen LogP contribution in [0.3, 0.4) is 0 Å². The molecule has 0 radical (unpaired) electrons. The van der Waals surface area contributed by atoms with Gasteiger partial charge >= 0.3 is 0 Å². The molecule has 0 fully saturated rings. The van der Waals surface area contributed by atoms with E-state index in [1.165, 1.54) is 0 Å². The van der Waals surface area contributed by atoms with E-state index in [2.05, 4.69) is 10.4 Å². The molecule has 0 amide bonds. The average molecular weight is 243 g/mol. The largest absolute Gasteiger partial charge is 0.496 e. The van der Waals surface area contributed by atoms with Crippen LogP contribution in [-0.4, -0.2) is 12.1 Å². The first-order valence-corrected chi connectivity index (χ1v) is 5.83. The Kier molecular flexibility index (Phi) is 4.28. The van der Waals surface area contributed by atoms with Gasteiger partial charge in [0.2, 0.25) is 0 Å². The Hall–Kier alpha value is -1.91. The monoisotopic (exact) mass is 243 g/mol. The molecule has 1 atom stereocenters. The number of hydrazine groups is 1. The van der Waals surface area contributed by atoms with Gasteiger partial charge in [-0.3, -0.25) is 16.3 Å². The van der Waals surface area contributed by atoms with E-state index in [0.29, 0.717) is 0 Å². The van der Waals surface area contributed by atoms with Gasteiger partial charge in [-0.15, -0.1) is 0 Å². The summed E-state index contributed by atoms with van der Waals surface area (Å²) in [5.74, 6) is 6.51. The van der Waals surface area contributed by atoms with Gasteiger partial charge in [-0.1, -0.05) is 18.2 Å². The van der Waals surface area contributed by atoms with Crippen molar-refractivity contribution in [3.63, 3.8) is 0 Å². The third kappa shape index (κ3) is 2.85. The van der Waals surface area contributed by atoms with Gasteiger partial charge in [0.15, 0.2) is 0 Å². The summed E-state index contributed by atoms with van der Waals surface area (Å²) in [5.41, 5.74) is 5.07. The fourth-order valence-electron chi connectivity index (χ4n) is 1.96. The lowest BCUT2D eigenvalue weighted by Gasteiger charge is -2.17. The topological polar surface area (TPSA) is 60.2 Å². The molecule has 0 spiro atoms. The Bertz CT molecular complexity index is 487. The molecule has 1 aromatic heterocycles. The van der Waals surface area contributed by atoms with Crippen LogP contribution in [0.25, 0.3) is 0 Å². The lowest BCUT2D eigenvalue weighted by Crippen LogP contribution is -2.29. The van der Waals surface area contributed by atoms with Gasteiger partial charge in [0, 0.05) is 12.4 Å². The minimum absolute atomic E-state index is 0.0456. The summed E-state index contributed by atoms with van der Waals surface area (Å²) in [7, 11) is 1.68. The minimum Gasteiger partial charge on any atom is -0.496 e. The van der Waals surface area contributed by atoms with Gasteiger partial charge in [-0.05, 0) is 35.7 Å². The average Bonchev–Trinajstić information content (AvgIpc) is 2.46. The fourth-order valence-corrected chi connectivity index (χ4v) is 1.96. The summed E-state index contributed by atoms with van der Waals surface area (Å²) in [6, 6.07) is 11.9. The SMILES string of the molecule is COc1ccccc1CC(NN)c1ccncc1. The van der Waals surface area contributed by atoms with Crippen LogP contribution in [0.5, 0.6) is 5.75 Å². The summed E-state index contributed by atoms with van der Waals surface area (Å²) in [4.78, 5) is 4.01. The van der Waals surface area contributed by atoms with E-state index in [1.807, 2.05) is 36.4 Å². The third-order valence-electron chi connectivity index (χ3n) is 2.93. The highest BCUT2D eigenvalue weighted by molar-refractivity contribution is 5.35. The van der Waals surface area contributed by atoms with Gasteiger partial charge in [0.1, 0.15) is 5.75 Å². The molecular weight excluding hydrogens is 226 g/mol. The molecule has 3 N–H and O–H groups in total. The Morgan fingerprint density at radius 1 is 1.22 bits per heavy atom. The molecule has 1 unspecified atom stereocenters. The molecule has 0 saturated carbocycles. The van der Waals surface area contributed by atoms with Crippen molar-refractivity contribution in [3.05, 3.63) is 59.9 Å². The highest BCUT2D eigenvalue weighted by atomic mass is 16.5. The Morgan fingerprint density at radius 3 is 2.61 bits per heavy atom. The zero-order valence-electron chi connectivity index (χ0n) is 10.3. The van der Waals surface area contributed by atoms with Crippen molar-refractivity contribution in [2.24, 2.45) is 5.84 Å². The summed E-state index contributed by atoms with van der Waals surface area (Å²) < 4.78 is 5.35. The van der Waals surface area contributed by atoms with Crippen LogP contribution in [0.2, 0.25) is 0 Å². The van der Waals surface area contributed by atoms with Gasteiger partial charge in [0.25, 0.3) is 0 Å². The fraction of sp³-hybridized carbons (Fsp3) is 0.214. The highest BCUT2D eigenvalue weighted by Crippen LogP contribution is 2.24. The summed E-state index contributed by atoms with van der Waals surface area (Å²) in [6.07, 6.45) is 4.30. The van der Waals surface area contributed by atoms with E-state index in [9.17, 15) is 0 Å². The quantitative estimate of drug-likeness (QED) is 0.621. The number of para-hydroxylation sites is 1. The maximum atomic E-state index is 5.63. The van der Waals surface area contributed by atoms with Gasteiger partial charge < -0.3 is 4.74 Å². The number of aromatic nitrogens is 1.